The van der Waals surface area contributed by atoms with Crippen LogP contribution in [-0.4, -0.2) is 20.4 Å². The molecule has 0 bridgehead atoms. The number of halogens is 1. The number of pyridine rings is 1. The van der Waals surface area contributed by atoms with Crippen LogP contribution in [0, 0.1) is 5.41 Å². The summed E-state index contributed by atoms with van der Waals surface area (Å²) in [6.07, 6.45) is 4.42. The van der Waals surface area contributed by atoms with Gasteiger partial charge in [0.25, 0.3) is 0 Å². The van der Waals surface area contributed by atoms with Gasteiger partial charge in [-0.05, 0) is 11.5 Å². The van der Waals surface area contributed by atoms with Gasteiger partial charge in [-0.15, -0.1) is 11.6 Å². The molecule has 0 saturated carbocycles. The van der Waals surface area contributed by atoms with Crippen molar-refractivity contribution in [2.24, 2.45) is 5.41 Å². The molecular formula is C13H18ClN3. The van der Waals surface area contributed by atoms with Crippen LogP contribution in [0.2, 0.25) is 0 Å². The van der Waals surface area contributed by atoms with Gasteiger partial charge in [-0.3, -0.25) is 4.98 Å². The molecule has 2 aromatic rings. The van der Waals surface area contributed by atoms with Crippen LogP contribution in [0.15, 0.2) is 18.5 Å². The lowest BCUT2D eigenvalue weighted by atomic mass is 9.96. The van der Waals surface area contributed by atoms with E-state index >= 15 is 0 Å². The predicted octanol–water partition coefficient (Wildman–Crippen LogP) is 3.26. The van der Waals surface area contributed by atoms with Crippen LogP contribution in [0.4, 0.5) is 0 Å². The Morgan fingerprint density at radius 2 is 2.12 bits per heavy atom. The second-order valence-electron chi connectivity index (χ2n) is 5.48. The number of nitrogens with zero attached hydrogens (tertiary/aromatic N) is 3. The summed E-state index contributed by atoms with van der Waals surface area (Å²) in [7, 11) is 0. The Bertz CT molecular complexity index is 511. The largest absolute Gasteiger partial charge is 0.327 e. The third kappa shape index (κ3) is 2.78. The summed E-state index contributed by atoms with van der Waals surface area (Å²) in [6, 6.07) is 2.02. The zero-order valence-electron chi connectivity index (χ0n) is 10.6. The molecule has 4 heteroatoms. The third-order valence-electron chi connectivity index (χ3n) is 2.58. The summed E-state index contributed by atoms with van der Waals surface area (Å²) in [5, 5.41) is 0. The summed E-state index contributed by atoms with van der Waals surface area (Å²) in [5.74, 6) is 1.65. The van der Waals surface area contributed by atoms with E-state index in [0.29, 0.717) is 5.88 Å². The Labute approximate surface area is 107 Å². The van der Waals surface area contributed by atoms with Crippen molar-refractivity contribution < 1.29 is 0 Å². The van der Waals surface area contributed by atoms with Gasteiger partial charge in [-0.25, -0.2) is 4.98 Å². The fourth-order valence-corrected chi connectivity index (χ4v) is 2.13. The van der Waals surface area contributed by atoms with E-state index in [1.54, 1.807) is 0 Å². The number of alkyl halides is 1. The minimum atomic E-state index is 0.220. The van der Waals surface area contributed by atoms with Gasteiger partial charge in [0.15, 0.2) is 0 Å². The Hall–Kier alpha value is -1.09. The van der Waals surface area contributed by atoms with Crippen molar-refractivity contribution in [3.8, 4) is 0 Å². The van der Waals surface area contributed by atoms with Crippen molar-refractivity contribution in [3.63, 3.8) is 0 Å². The van der Waals surface area contributed by atoms with E-state index in [1.807, 2.05) is 18.5 Å². The molecule has 0 fully saturated rings. The number of aromatic nitrogens is 3. The zero-order valence-corrected chi connectivity index (χ0v) is 11.3. The summed E-state index contributed by atoms with van der Waals surface area (Å²) < 4.78 is 2.26. The lowest BCUT2D eigenvalue weighted by molar-refractivity contribution is 0.343. The average Bonchev–Trinajstić information content (AvgIpc) is 2.56. The second kappa shape index (κ2) is 4.65. The number of rotatable bonds is 3. The topological polar surface area (TPSA) is 30.7 Å². The summed E-state index contributed by atoms with van der Waals surface area (Å²) in [5.41, 5.74) is 2.32. The highest BCUT2D eigenvalue weighted by atomic mass is 35.5. The molecule has 17 heavy (non-hydrogen) atoms. The summed E-state index contributed by atoms with van der Waals surface area (Å²) in [4.78, 5) is 8.72. The van der Waals surface area contributed by atoms with Gasteiger partial charge < -0.3 is 4.57 Å². The van der Waals surface area contributed by atoms with E-state index in [9.17, 15) is 0 Å². The molecule has 0 aliphatic rings. The van der Waals surface area contributed by atoms with Crippen LogP contribution < -0.4 is 0 Å². The van der Waals surface area contributed by atoms with Crippen LogP contribution in [0.25, 0.3) is 11.0 Å². The fraction of sp³-hybridized carbons (Fsp3) is 0.538. The molecule has 0 aromatic carbocycles. The van der Waals surface area contributed by atoms with Crippen molar-refractivity contribution in [1.29, 1.82) is 0 Å². The van der Waals surface area contributed by atoms with Crippen molar-refractivity contribution >= 4 is 22.6 Å². The summed E-state index contributed by atoms with van der Waals surface area (Å²) in [6.45, 7) is 7.62. The van der Waals surface area contributed by atoms with Crippen LogP contribution in [0.1, 0.15) is 26.6 Å². The Morgan fingerprint density at radius 1 is 1.35 bits per heavy atom. The first-order chi connectivity index (χ1) is 8.01. The van der Waals surface area contributed by atoms with Gasteiger partial charge in [0.05, 0.1) is 11.7 Å². The van der Waals surface area contributed by atoms with E-state index in [1.165, 1.54) is 0 Å². The van der Waals surface area contributed by atoms with Crippen LogP contribution in [-0.2, 0) is 13.0 Å². The quantitative estimate of drug-likeness (QED) is 0.784. The molecule has 3 nitrogen and oxygen atoms in total. The Balaban J connectivity index is 2.51. The maximum absolute atomic E-state index is 5.84. The van der Waals surface area contributed by atoms with Crippen LogP contribution in [0.3, 0.4) is 0 Å². The standard InChI is InChI=1S/C13H18ClN3/c1-13(2,3)9-17-11-5-7-15-8-10(11)16-12(17)4-6-14/h5,7-8H,4,6,9H2,1-3H3. The van der Waals surface area contributed by atoms with Crippen LogP contribution in [0.5, 0.6) is 0 Å². The molecule has 0 atom stereocenters. The lowest BCUT2D eigenvalue weighted by Gasteiger charge is -2.21. The first-order valence-corrected chi connectivity index (χ1v) is 6.40. The molecule has 0 N–H and O–H groups in total. The van der Waals surface area contributed by atoms with Crippen LogP contribution >= 0.6 is 11.6 Å². The van der Waals surface area contributed by atoms with E-state index in [0.717, 1.165) is 29.8 Å². The van der Waals surface area contributed by atoms with Crippen molar-refractivity contribution in [2.45, 2.75) is 33.7 Å². The molecule has 0 saturated heterocycles. The molecule has 92 valence electrons. The molecule has 0 aliphatic carbocycles. The number of aryl methyl sites for hydroxylation is 1. The van der Waals surface area contributed by atoms with Gasteiger partial charge in [-0.2, -0.15) is 0 Å². The third-order valence-corrected chi connectivity index (χ3v) is 2.77. The van der Waals surface area contributed by atoms with E-state index in [2.05, 4.69) is 35.3 Å². The van der Waals surface area contributed by atoms with Gasteiger partial charge in [0.1, 0.15) is 11.3 Å². The maximum Gasteiger partial charge on any atom is 0.111 e. The minimum absolute atomic E-state index is 0.220. The SMILES string of the molecule is CC(C)(C)Cn1c(CCCl)nc2cnccc21. The van der Waals surface area contributed by atoms with E-state index < -0.39 is 0 Å². The van der Waals surface area contributed by atoms with Crippen molar-refractivity contribution in [3.05, 3.63) is 24.3 Å². The predicted molar refractivity (Wildman–Crippen MR) is 71.4 cm³/mol. The number of fused-ring (bicyclic) bond motifs is 1. The molecule has 2 aromatic heterocycles. The highest BCUT2D eigenvalue weighted by Crippen LogP contribution is 2.23. The number of hydrogen-bond acceptors (Lipinski definition) is 2. The van der Waals surface area contributed by atoms with E-state index in [4.69, 9.17) is 11.6 Å². The highest BCUT2D eigenvalue weighted by molar-refractivity contribution is 6.17. The summed E-state index contributed by atoms with van der Waals surface area (Å²) >= 11 is 5.84. The van der Waals surface area contributed by atoms with Crippen molar-refractivity contribution in [2.75, 3.05) is 5.88 Å². The normalized spacial score (nSPS) is 12.2. The van der Waals surface area contributed by atoms with Gasteiger partial charge in [0.2, 0.25) is 0 Å². The molecule has 2 heterocycles. The molecule has 2 rings (SSSR count). The zero-order chi connectivity index (χ0) is 12.5. The van der Waals surface area contributed by atoms with Gasteiger partial charge in [0, 0.05) is 25.0 Å². The monoisotopic (exact) mass is 251 g/mol. The van der Waals surface area contributed by atoms with Gasteiger partial charge >= 0.3 is 0 Å². The first kappa shape index (κ1) is 12.4. The highest BCUT2D eigenvalue weighted by Gasteiger charge is 2.17. The smallest absolute Gasteiger partial charge is 0.111 e. The molecular weight excluding hydrogens is 234 g/mol. The van der Waals surface area contributed by atoms with Crippen molar-refractivity contribution in [1.82, 2.24) is 14.5 Å². The molecule has 0 amide bonds. The fourth-order valence-electron chi connectivity index (χ4n) is 1.96. The number of hydrogen-bond donors (Lipinski definition) is 0. The Morgan fingerprint density at radius 3 is 2.76 bits per heavy atom. The molecule has 0 radical (unpaired) electrons. The van der Waals surface area contributed by atoms with E-state index in [-0.39, 0.29) is 5.41 Å². The number of imidazole rings is 1. The van der Waals surface area contributed by atoms with Gasteiger partial charge in [-0.1, -0.05) is 20.8 Å². The molecule has 0 aliphatic heterocycles. The maximum atomic E-state index is 5.84. The molecule has 0 spiro atoms. The molecule has 0 unspecified atom stereocenters. The second-order valence-corrected chi connectivity index (χ2v) is 5.86. The first-order valence-electron chi connectivity index (χ1n) is 5.86. The minimum Gasteiger partial charge on any atom is -0.327 e. The Kier molecular flexibility index (Phi) is 3.38. The average molecular weight is 252 g/mol. The lowest BCUT2D eigenvalue weighted by Crippen LogP contribution is -2.17.